The average Bonchev–Trinajstić information content (AvgIpc) is 2.72. The predicted octanol–water partition coefficient (Wildman–Crippen LogP) is 3.72. The molecule has 0 saturated carbocycles. The average molecular weight is 311 g/mol. The van der Waals surface area contributed by atoms with E-state index in [1.165, 1.54) is 5.56 Å². The molecule has 0 aliphatic heterocycles. The first-order valence-corrected chi connectivity index (χ1v) is 7.20. The van der Waals surface area contributed by atoms with Gasteiger partial charge in [0, 0.05) is 22.3 Å². The zero-order valence-corrected chi connectivity index (χ0v) is 12.3. The maximum atomic E-state index is 4.51. The molecule has 1 aromatic carbocycles. The summed E-state index contributed by atoms with van der Waals surface area (Å²) in [5.74, 6) is 0. The number of hydrogen-bond acceptors (Lipinski definition) is 3. The Balaban J connectivity index is 2.16. The highest BCUT2D eigenvalue weighted by Crippen LogP contribution is 2.22. The van der Waals surface area contributed by atoms with E-state index < -0.39 is 0 Å². The molecule has 0 radical (unpaired) electrons. The van der Waals surface area contributed by atoms with Gasteiger partial charge in [-0.25, -0.2) is 4.98 Å². The van der Waals surface area contributed by atoms with Crippen LogP contribution in [0.4, 0.5) is 0 Å². The number of hydrogen-bond donors (Lipinski definition) is 1. The number of halogens is 1. The number of aromatic nitrogens is 1. The van der Waals surface area contributed by atoms with Crippen molar-refractivity contribution >= 4 is 27.3 Å². The van der Waals surface area contributed by atoms with Gasteiger partial charge in [-0.05, 0) is 31.7 Å². The second kappa shape index (κ2) is 5.76. The van der Waals surface area contributed by atoms with Crippen LogP contribution in [0.25, 0.3) is 0 Å². The number of thiazole rings is 1. The van der Waals surface area contributed by atoms with E-state index in [9.17, 15) is 0 Å². The fourth-order valence-electron chi connectivity index (χ4n) is 1.82. The van der Waals surface area contributed by atoms with Gasteiger partial charge in [0.1, 0.15) is 0 Å². The molecule has 0 bridgehead atoms. The van der Waals surface area contributed by atoms with Crippen molar-refractivity contribution in [3.05, 3.63) is 50.4 Å². The SMILES string of the molecule is CNC(Cc1csc(C)n1)c1cccc(Br)c1. The molecule has 17 heavy (non-hydrogen) atoms. The number of rotatable bonds is 4. The van der Waals surface area contributed by atoms with Gasteiger partial charge < -0.3 is 5.32 Å². The van der Waals surface area contributed by atoms with Crippen LogP contribution in [0.3, 0.4) is 0 Å². The van der Waals surface area contributed by atoms with Gasteiger partial charge >= 0.3 is 0 Å². The van der Waals surface area contributed by atoms with Crippen LogP contribution in [0, 0.1) is 6.92 Å². The smallest absolute Gasteiger partial charge is 0.0897 e. The number of aryl methyl sites for hydroxylation is 1. The first kappa shape index (κ1) is 12.7. The Hall–Kier alpha value is -0.710. The van der Waals surface area contributed by atoms with Crippen molar-refractivity contribution in [2.24, 2.45) is 0 Å². The van der Waals surface area contributed by atoms with Crippen molar-refractivity contribution in [1.82, 2.24) is 10.3 Å². The lowest BCUT2D eigenvalue weighted by molar-refractivity contribution is 0.585. The highest BCUT2D eigenvalue weighted by molar-refractivity contribution is 9.10. The second-order valence-electron chi connectivity index (χ2n) is 3.96. The monoisotopic (exact) mass is 310 g/mol. The van der Waals surface area contributed by atoms with Crippen molar-refractivity contribution in [2.45, 2.75) is 19.4 Å². The molecule has 0 fully saturated rings. The third kappa shape index (κ3) is 3.37. The summed E-state index contributed by atoms with van der Waals surface area (Å²) >= 11 is 5.21. The van der Waals surface area contributed by atoms with E-state index in [2.05, 4.69) is 49.8 Å². The highest BCUT2D eigenvalue weighted by atomic mass is 79.9. The molecule has 1 aromatic heterocycles. The van der Waals surface area contributed by atoms with Crippen LogP contribution >= 0.6 is 27.3 Å². The van der Waals surface area contributed by atoms with Crippen molar-refractivity contribution < 1.29 is 0 Å². The molecular weight excluding hydrogens is 296 g/mol. The molecule has 0 saturated heterocycles. The molecule has 0 aliphatic carbocycles. The van der Waals surface area contributed by atoms with Crippen molar-refractivity contribution in [3.8, 4) is 0 Å². The Labute approximate surface area is 114 Å². The molecule has 1 unspecified atom stereocenters. The Morgan fingerprint density at radius 3 is 2.88 bits per heavy atom. The van der Waals surface area contributed by atoms with Crippen LogP contribution in [-0.4, -0.2) is 12.0 Å². The minimum atomic E-state index is 0.314. The highest BCUT2D eigenvalue weighted by Gasteiger charge is 2.11. The zero-order chi connectivity index (χ0) is 12.3. The lowest BCUT2D eigenvalue weighted by Crippen LogP contribution is -2.18. The van der Waals surface area contributed by atoms with Crippen LogP contribution in [0.15, 0.2) is 34.1 Å². The predicted molar refractivity (Wildman–Crippen MR) is 76.5 cm³/mol. The molecule has 4 heteroatoms. The summed E-state index contributed by atoms with van der Waals surface area (Å²) in [4.78, 5) is 4.51. The fourth-order valence-corrected chi connectivity index (χ4v) is 2.86. The number of likely N-dealkylation sites (N-methyl/N-ethyl adjacent to an activating group) is 1. The number of nitrogens with one attached hydrogen (secondary N) is 1. The maximum absolute atomic E-state index is 4.51. The third-order valence-electron chi connectivity index (χ3n) is 2.68. The Morgan fingerprint density at radius 1 is 1.47 bits per heavy atom. The van der Waals surface area contributed by atoms with Gasteiger partial charge in [0.2, 0.25) is 0 Å². The molecule has 2 nitrogen and oxygen atoms in total. The van der Waals surface area contributed by atoms with Crippen LogP contribution in [0.1, 0.15) is 22.3 Å². The van der Waals surface area contributed by atoms with Gasteiger partial charge in [-0.2, -0.15) is 0 Å². The molecule has 2 rings (SSSR count). The van der Waals surface area contributed by atoms with Gasteiger partial charge in [-0.1, -0.05) is 28.1 Å². The van der Waals surface area contributed by atoms with Crippen molar-refractivity contribution in [3.63, 3.8) is 0 Å². The van der Waals surface area contributed by atoms with E-state index in [1.54, 1.807) is 11.3 Å². The van der Waals surface area contributed by atoms with E-state index >= 15 is 0 Å². The molecule has 0 spiro atoms. The lowest BCUT2D eigenvalue weighted by atomic mass is 10.0. The molecule has 0 amide bonds. The normalized spacial score (nSPS) is 12.6. The topological polar surface area (TPSA) is 24.9 Å². The van der Waals surface area contributed by atoms with Gasteiger partial charge in [0.15, 0.2) is 0 Å². The largest absolute Gasteiger partial charge is 0.313 e. The molecule has 1 atom stereocenters. The number of nitrogens with zero attached hydrogens (tertiary/aromatic N) is 1. The van der Waals surface area contributed by atoms with Crippen molar-refractivity contribution in [2.75, 3.05) is 7.05 Å². The minimum absolute atomic E-state index is 0.314. The van der Waals surface area contributed by atoms with E-state index in [0.717, 1.165) is 21.6 Å². The second-order valence-corrected chi connectivity index (χ2v) is 5.94. The standard InChI is InChI=1S/C13H15BrN2S/c1-9-16-12(8-17-9)7-13(15-2)10-4-3-5-11(14)6-10/h3-6,8,13,15H,7H2,1-2H3. The molecule has 90 valence electrons. The van der Waals surface area contributed by atoms with Crippen LogP contribution < -0.4 is 5.32 Å². The van der Waals surface area contributed by atoms with Crippen LogP contribution in [-0.2, 0) is 6.42 Å². The quantitative estimate of drug-likeness (QED) is 0.931. The van der Waals surface area contributed by atoms with Gasteiger partial charge in [-0.15, -0.1) is 11.3 Å². The lowest BCUT2D eigenvalue weighted by Gasteiger charge is -2.15. The summed E-state index contributed by atoms with van der Waals surface area (Å²) in [6.45, 7) is 2.04. The molecule has 0 aliphatic rings. The van der Waals surface area contributed by atoms with Crippen LogP contribution in [0.2, 0.25) is 0 Å². The summed E-state index contributed by atoms with van der Waals surface area (Å²) in [5, 5.41) is 6.61. The molecular formula is C13H15BrN2S. The summed E-state index contributed by atoms with van der Waals surface area (Å²) in [6.07, 6.45) is 0.928. The van der Waals surface area contributed by atoms with Gasteiger partial charge in [0.05, 0.1) is 10.7 Å². The first-order chi connectivity index (χ1) is 8.19. The van der Waals surface area contributed by atoms with Crippen LogP contribution in [0.5, 0.6) is 0 Å². The Bertz CT molecular complexity index is 496. The fraction of sp³-hybridized carbons (Fsp3) is 0.308. The maximum Gasteiger partial charge on any atom is 0.0897 e. The summed E-state index contributed by atoms with van der Waals surface area (Å²) in [7, 11) is 1.99. The van der Waals surface area contributed by atoms with E-state index in [1.807, 2.05) is 20.0 Å². The van der Waals surface area contributed by atoms with Gasteiger partial charge in [-0.3, -0.25) is 0 Å². The van der Waals surface area contributed by atoms with Crippen molar-refractivity contribution in [1.29, 1.82) is 0 Å². The molecule has 1 heterocycles. The van der Waals surface area contributed by atoms with E-state index in [0.29, 0.717) is 6.04 Å². The Kier molecular flexibility index (Phi) is 4.31. The first-order valence-electron chi connectivity index (χ1n) is 5.53. The van der Waals surface area contributed by atoms with Gasteiger partial charge in [0.25, 0.3) is 0 Å². The number of benzene rings is 1. The zero-order valence-electron chi connectivity index (χ0n) is 9.90. The van der Waals surface area contributed by atoms with E-state index in [4.69, 9.17) is 0 Å². The molecule has 2 aromatic rings. The summed E-state index contributed by atoms with van der Waals surface area (Å²) < 4.78 is 1.12. The summed E-state index contributed by atoms with van der Waals surface area (Å²) in [6, 6.07) is 8.72. The summed E-state index contributed by atoms with van der Waals surface area (Å²) in [5.41, 5.74) is 2.44. The third-order valence-corrected chi connectivity index (χ3v) is 3.99. The Morgan fingerprint density at radius 2 is 2.29 bits per heavy atom. The minimum Gasteiger partial charge on any atom is -0.313 e. The molecule has 1 N–H and O–H groups in total. The van der Waals surface area contributed by atoms with E-state index in [-0.39, 0.29) is 0 Å².